The van der Waals surface area contributed by atoms with Crippen molar-refractivity contribution in [2.24, 2.45) is 0 Å². The van der Waals surface area contributed by atoms with Crippen molar-refractivity contribution in [3.63, 3.8) is 0 Å². The predicted octanol–water partition coefficient (Wildman–Crippen LogP) is 4.19. The molecule has 14 heteroatoms. The van der Waals surface area contributed by atoms with Gasteiger partial charge in [0.15, 0.2) is 6.61 Å². The van der Waals surface area contributed by atoms with E-state index < -0.39 is 37.0 Å². The second-order valence-electron chi connectivity index (χ2n) is 9.30. The number of amides is 1. The third-order valence-electron chi connectivity index (χ3n) is 5.64. The lowest BCUT2D eigenvalue weighted by Crippen LogP contribution is -2.42. The Morgan fingerprint density at radius 3 is 2.65 bits per heavy atom. The summed E-state index contributed by atoms with van der Waals surface area (Å²) in [4.78, 5) is 21.2. The Labute approximate surface area is 225 Å². The van der Waals surface area contributed by atoms with Gasteiger partial charge in [0.2, 0.25) is 0 Å². The van der Waals surface area contributed by atoms with Crippen LogP contribution < -0.4 is 15.4 Å². The minimum absolute atomic E-state index is 0.0195. The number of anilines is 2. The van der Waals surface area contributed by atoms with Crippen molar-refractivity contribution in [3.8, 4) is 23.2 Å². The first-order valence-electron chi connectivity index (χ1n) is 11.8. The molecule has 4 aromatic rings. The van der Waals surface area contributed by atoms with Gasteiger partial charge < -0.3 is 20.5 Å². The van der Waals surface area contributed by atoms with E-state index in [1.807, 2.05) is 6.07 Å². The second-order valence-corrected chi connectivity index (χ2v) is 9.30. The number of aliphatic hydroxyl groups is 1. The highest BCUT2D eigenvalue weighted by Crippen LogP contribution is 2.29. The van der Waals surface area contributed by atoms with E-state index in [-0.39, 0.29) is 22.7 Å². The number of halogens is 4. The molecule has 0 fully saturated rings. The van der Waals surface area contributed by atoms with Gasteiger partial charge in [-0.15, -0.1) is 0 Å². The average Bonchev–Trinajstić information content (AvgIpc) is 3.33. The fourth-order valence-corrected chi connectivity index (χ4v) is 3.55. The molecular weight excluding hydrogens is 534 g/mol. The molecule has 10 nitrogen and oxygen atoms in total. The number of nitrogens with one attached hydrogen (secondary N) is 2. The first-order chi connectivity index (χ1) is 18.8. The minimum atomic E-state index is -4.55. The van der Waals surface area contributed by atoms with Crippen LogP contribution in [0, 0.1) is 11.3 Å². The molecule has 0 saturated heterocycles. The molecule has 40 heavy (non-hydrogen) atoms. The Morgan fingerprint density at radius 2 is 1.95 bits per heavy atom. The average molecular weight is 558 g/mol. The van der Waals surface area contributed by atoms with Crippen LogP contribution in [0.3, 0.4) is 0 Å². The summed E-state index contributed by atoms with van der Waals surface area (Å²) in [6.45, 7) is 0.534. The number of ether oxygens (including phenoxy) is 1. The van der Waals surface area contributed by atoms with Crippen LogP contribution in [0.25, 0.3) is 16.9 Å². The van der Waals surface area contributed by atoms with Crippen molar-refractivity contribution < 1.29 is 32.2 Å². The quantitative estimate of drug-likeness (QED) is 0.261. The number of hydrogen-bond acceptors (Lipinski definition) is 8. The van der Waals surface area contributed by atoms with Gasteiger partial charge in [0.1, 0.15) is 18.0 Å². The van der Waals surface area contributed by atoms with Crippen molar-refractivity contribution in [2.45, 2.75) is 31.8 Å². The molecule has 3 N–H and O–H groups in total. The molecular formula is C26H23F4N7O3. The van der Waals surface area contributed by atoms with E-state index in [9.17, 15) is 27.5 Å². The maximum absolute atomic E-state index is 14.3. The summed E-state index contributed by atoms with van der Waals surface area (Å²) < 4.78 is 58.3. The normalized spacial score (nSPS) is 12.6. The molecule has 0 radical (unpaired) electrons. The summed E-state index contributed by atoms with van der Waals surface area (Å²) in [7, 11) is 0. The van der Waals surface area contributed by atoms with Crippen LogP contribution in [0.15, 0.2) is 55.1 Å². The SMILES string of the molecule is CC(C)(O)[C@H](F)CNC(=O)c1cnc(-c2ccc3cc(C#N)cnn23)cc1Nc1cncc(OCC(F)(F)F)c1. The summed E-state index contributed by atoms with van der Waals surface area (Å²) in [5.41, 5.74) is 0.501. The number of rotatable bonds is 9. The minimum Gasteiger partial charge on any atom is -0.482 e. The second kappa shape index (κ2) is 11.1. The number of nitrogens with zero attached hydrogens (tertiary/aromatic N) is 5. The molecule has 4 aromatic heterocycles. The molecule has 0 aliphatic carbocycles. The molecule has 1 amide bonds. The monoisotopic (exact) mass is 557 g/mol. The van der Waals surface area contributed by atoms with Gasteiger partial charge in [-0.3, -0.25) is 14.8 Å². The predicted molar refractivity (Wildman–Crippen MR) is 136 cm³/mol. The first kappa shape index (κ1) is 28.2. The van der Waals surface area contributed by atoms with Gasteiger partial charge in [-0.2, -0.15) is 23.5 Å². The number of alkyl halides is 4. The van der Waals surface area contributed by atoms with Gasteiger partial charge in [0, 0.05) is 12.3 Å². The van der Waals surface area contributed by atoms with Gasteiger partial charge in [-0.05, 0) is 38.1 Å². The largest absolute Gasteiger partial charge is 0.482 e. The molecule has 208 valence electrons. The van der Waals surface area contributed by atoms with Gasteiger partial charge >= 0.3 is 6.18 Å². The molecule has 0 aliphatic rings. The lowest BCUT2D eigenvalue weighted by molar-refractivity contribution is -0.153. The summed E-state index contributed by atoms with van der Waals surface area (Å²) in [6.07, 6.45) is -1.27. The topological polar surface area (TPSA) is 137 Å². The van der Waals surface area contributed by atoms with Crippen molar-refractivity contribution >= 4 is 22.8 Å². The molecule has 0 unspecified atom stereocenters. The standard InChI is InChI=1S/C26H23F4N7O3/c1-25(2,39)23(27)13-34-24(38)19-12-33-21(22-4-3-17-5-15(8-31)9-35-37(17)22)7-20(19)36-16-6-18(11-32-10-16)40-14-26(28,29)30/h3-7,9-12,23,39H,13-14H2,1-2H3,(H,33,36)(H,34,38)/t23-/m1/s1. The molecule has 4 rings (SSSR count). The van der Waals surface area contributed by atoms with Crippen LogP contribution in [0.2, 0.25) is 0 Å². The van der Waals surface area contributed by atoms with E-state index in [4.69, 9.17) is 10.00 Å². The number of aromatic nitrogens is 4. The van der Waals surface area contributed by atoms with Crippen LogP contribution in [0.4, 0.5) is 28.9 Å². The zero-order chi connectivity index (χ0) is 29.1. The third kappa shape index (κ3) is 6.80. The van der Waals surface area contributed by atoms with Crippen LogP contribution in [0.1, 0.15) is 29.8 Å². The number of fused-ring (bicyclic) bond motifs is 1. The number of nitriles is 1. The fourth-order valence-electron chi connectivity index (χ4n) is 3.55. The highest BCUT2D eigenvalue weighted by molar-refractivity contribution is 6.00. The molecule has 0 saturated carbocycles. The highest BCUT2D eigenvalue weighted by atomic mass is 19.4. The summed E-state index contributed by atoms with van der Waals surface area (Å²) in [6, 6.07) is 9.84. The molecule has 0 aromatic carbocycles. The van der Waals surface area contributed by atoms with Crippen molar-refractivity contribution in [2.75, 3.05) is 18.5 Å². The van der Waals surface area contributed by atoms with Crippen LogP contribution >= 0.6 is 0 Å². The molecule has 1 atom stereocenters. The molecule has 0 spiro atoms. The maximum atomic E-state index is 14.3. The number of carbonyl (C=O) groups is 1. The van der Waals surface area contributed by atoms with E-state index in [2.05, 4.69) is 25.7 Å². The van der Waals surface area contributed by atoms with Gasteiger partial charge in [-0.1, -0.05) is 0 Å². The Bertz CT molecular complexity index is 1580. The number of hydrogen-bond donors (Lipinski definition) is 3. The molecule has 0 bridgehead atoms. The third-order valence-corrected chi connectivity index (χ3v) is 5.64. The summed E-state index contributed by atoms with van der Waals surface area (Å²) in [5, 5.41) is 28.6. The van der Waals surface area contributed by atoms with Gasteiger partial charge in [0.25, 0.3) is 5.91 Å². The lowest BCUT2D eigenvalue weighted by atomic mass is 10.0. The molecule has 4 heterocycles. The summed E-state index contributed by atoms with van der Waals surface area (Å²) >= 11 is 0. The van der Waals surface area contributed by atoms with Crippen LogP contribution in [-0.4, -0.2) is 61.7 Å². The van der Waals surface area contributed by atoms with Crippen LogP contribution in [-0.2, 0) is 0 Å². The van der Waals surface area contributed by atoms with Crippen molar-refractivity contribution in [1.82, 2.24) is 24.9 Å². The van der Waals surface area contributed by atoms with Gasteiger partial charge in [0.05, 0.1) is 70.1 Å². The van der Waals surface area contributed by atoms with Gasteiger partial charge in [-0.25, -0.2) is 8.91 Å². The van der Waals surface area contributed by atoms with E-state index in [1.165, 1.54) is 49.1 Å². The number of pyridine rings is 2. The summed E-state index contributed by atoms with van der Waals surface area (Å²) in [5.74, 6) is -0.883. The molecule has 0 aliphatic heterocycles. The zero-order valence-corrected chi connectivity index (χ0v) is 21.2. The highest BCUT2D eigenvalue weighted by Gasteiger charge is 2.29. The smallest absolute Gasteiger partial charge is 0.422 e. The lowest BCUT2D eigenvalue weighted by Gasteiger charge is -2.22. The van der Waals surface area contributed by atoms with Crippen molar-refractivity contribution in [1.29, 1.82) is 5.26 Å². The van der Waals surface area contributed by atoms with E-state index in [1.54, 1.807) is 18.2 Å². The fraction of sp³-hybridized carbons (Fsp3) is 0.269. The van der Waals surface area contributed by atoms with E-state index >= 15 is 0 Å². The van der Waals surface area contributed by atoms with Crippen LogP contribution in [0.5, 0.6) is 5.75 Å². The Hall–Kier alpha value is -4.77. The zero-order valence-electron chi connectivity index (χ0n) is 21.2. The Kier molecular flexibility index (Phi) is 7.87. The Morgan fingerprint density at radius 1 is 1.18 bits per heavy atom. The maximum Gasteiger partial charge on any atom is 0.422 e. The van der Waals surface area contributed by atoms with E-state index in [0.29, 0.717) is 22.5 Å². The first-order valence-corrected chi connectivity index (χ1v) is 11.8. The number of carbonyl (C=O) groups excluding carboxylic acids is 1. The van der Waals surface area contributed by atoms with E-state index in [0.717, 1.165) is 6.20 Å². The van der Waals surface area contributed by atoms with Crippen molar-refractivity contribution in [3.05, 3.63) is 66.2 Å². The Balaban J connectivity index is 1.69.